The number of fused-ring (bicyclic) bond motifs is 1. The molecule has 0 saturated carbocycles. The van der Waals surface area contributed by atoms with E-state index in [1.165, 1.54) is 6.20 Å². The van der Waals surface area contributed by atoms with Crippen molar-refractivity contribution in [2.75, 3.05) is 11.9 Å². The van der Waals surface area contributed by atoms with Crippen LogP contribution in [0.1, 0.15) is 36.9 Å². The Morgan fingerprint density at radius 2 is 2.03 bits per heavy atom. The topological polar surface area (TPSA) is 143 Å². The highest BCUT2D eigenvalue weighted by Crippen LogP contribution is 2.34. The van der Waals surface area contributed by atoms with Gasteiger partial charge in [0, 0.05) is 12.1 Å². The molecule has 3 heterocycles. The molecule has 1 fully saturated rings. The van der Waals surface area contributed by atoms with Crippen molar-refractivity contribution in [1.82, 2.24) is 19.9 Å². The predicted molar refractivity (Wildman–Crippen MR) is 117 cm³/mol. The van der Waals surface area contributed by atoms with Crippen molar-refractivity contribution in [1.29, 1.82) is 0 Å². The number of nitrogens with zero attached hydrogens (tertiary/aromatic N) is 3. The number of pyridine rings is 1. The average Bonchev–Trinajstić information content (AvgIpc) is 3.22. The maximum absolute atomic E-state index is 13.1. The van der Waals surface area contributed by atoms with Gasteiger partial charge in [-0.1, -0.05) is 13.0 Å². The number of anilines is 1. The number of hydrogen-bond donors (Lipinski definition) is 3. The van der Waals surface area contributed by atoms with Crippen molar-refractivity contribution in [3.63, 3.8) is 0 Å². The minimum atomic E-state index is -0.981. The number of nitrogens with two attached hydrogens (primary N) is 1. The number of carbonyl (C=O) groups is 3. The molecule has 2 atom stereocenters. The fourth-order valence-electron chi connectivity index (χ4n) is 4.03. The van der Waals surface area contributed by atoms with Crippen molar-refractivity contribution in [3.05, 3.63) is 47.9 Å². The van der Waals surface area contributed by atoms with Crippen LogP contribution in [0.2, 0.25) is 0 Å². The molecule has 32 heavy (non-hydrogen) atoms. The Morgan fingerprint density at radius 3 is 2.78 bits per heavy atom. The number of carbonyl (C=O) groups excluding carboxylic acids is 3. The highest BCUT2D eigenvalue weighted by Gasteiger charge is 2.34. The number of piperidine rings is 1. The summed E-state index contributed by atoms with van der Waals surface area (Å²) >= 11 is 0. The Hall–Kier alpha value is -3.95. The maximum Gasteiger partial charge on any atom is 0.411 e. The van der Waals surface area contributed by atoms with Gasteiger partial charge >= 0.3 is 17.9 Å². The molecule has 1 aromatic carbocycles. The largest absolute Gasteiger partial charge is 0.411 e. The quantitative estimate of drug-likeness (QED) is 0.539. The van der Waals surface area contributed by atoms with Crippen molar-refractivity contribution in [2.45, 2.75) is 32.7 Å². The van der Waals surface area contributed by atoms with Gasteiger partial charge in [0.2, 0.25) is 5.88 Å². The van der Waals surface area contributed by atoms with Crippen molar-refractivity contribution < 1.29 is 19.1 Å². The van der Waals surface area contributed by atoms with E-state index < -0.39 is 17.9 Å². The third-order valence-corrected chi connectivity index (χ3v) is 5.59. The molecule has 10 heteroatoms. The van der Waals surface area contributed by atoms with Crippen LogP contribution in [0.5, 0.6) is 5.88 Å². The van der Waals surface area contributed by atoms with Gasteiger partial charge in [0.25, 0.3) is 0 Å². The number of aromatic amines is 1. The van der Waals surface area contributed by atoms with Crippen molar-refractivity contribution >= 4 is 34.6 Å². The smallest absolute Gasteiger partial charge is 0.391 e. The third kappa shape index (κ3) is 4.39. The van der Waals surface area contributed by atoms with Crippen LogP contribution >= 0.6 is 0 Å². The zero-order valence-corrected chi connectivity index (χ0v) is 17.8. The fraction of sp³-hybridized carbons (Fsp3) is 0.318. The Kier molecular flexibility index (Phi) is 5.76. The van der Waals surface area contributed by atoms with Gasteiger partial charge in [-0.25, -0.2) is 14.8 Å². The monoisotopic (exact) mass is 436 g/mol. The zero-order valence-electron chi connectivity index (χ0n) is 17.8. The minimum absolute atomic E-state index is 0.0421. The molecule has 0 spiro atoms. The highest BCUT2D eigenvalue weighted by molar-refractivity contribution is 6.39. The van der Waals surface area contributed by atoms with Gasteiger partial charge in [0.15, 0.2) is 0 Å². The Balaban J connectivity index is 1.53. The molecule has 3 amide bonds. The van der Waals surface area contributed by atoms with Gasteiger partial charge in [-0.2, -0.15) is 0 Å². The number of aromatic nitrogens is 3. The summed E-state index contributed by atoms with van der Waals surface area (Å²) in [6.07, 6.45) is 3.67. The summed E-state index contributed by atoms with van der Waals surface area (Å²) in [5.41, 5.74) is 8.49. The molecule has 4 rings (SSSR count). The molecule has 2 aromatic heterocycles. The maximum atomic E-state index is 13.1. The average molecular weight is 436 g/mol. The Labute approximate surface area is 184 Å². The van der Waals surface area contributed by atoms with Crippen LogP contribution in [0.4, 0.5) is 10.5 Å². The molecule has 10 nitrogen and oxygen atoms in total. The summed E-state index contributed by atoms with van der Waals surface area (Å²) in [5, 5.41) is 2.59. The second-order valence-electron chi connectivity index (χ2n) is 8.06. The lowest BCUT2D eigenvalue weighted by atomic mass is 9.89. The first-order valence-electron chi connectivity index (χ1n) is 10.3. The summed E-state index contributed by atoms with van der Waals surface area (Å²) in [6, 6.07) is 7.19. The van der Waals surface area contributed by atoms with Crippen LogP contribution in [0.15, 0.2) is 36.8 Å². The molecule has 2 unspecified atom stereocenters. The van der Waals surface area contributed by atoms with Gasteiger partial charge in [-0.15, -0.1) is 0 Å². The van der Waals surface area contributed by atoms with Gasteiger partial charge in [-0.05, 0) is 49.4 Å². The number of aryl methyl sites for hydroxylation is 1. The first-order valence-corrected chi connectivity index (χ1v) is 10.3. The van der Waals surface area contributed by atoms with E-state index in [0.29, 0.717) is 17.8 Å². The molecule has 0 radical (unpaired) electrons. The molecule has 3 aromatic rings. The SMILES string of the molecule is Cc1cc(NC(=O)C(=O)N2CC(C)CCC2c2ccc3[nH]cnc3c2)cnc1OC(N)=O. The van der Waals surface area contributed by atoms with E-state index in [1.54, 1.807) is 24.2 Å². The molecule has 0 bridgehead atoms. The van der Waals surface area contributed by atoms with E-state index >= 15 is 0 Å². The van der Waals surface area contributed by atoms with E-state index in [0.717, 1.165) is 29.4 Å². The zero-order chi connectivity index (χ0) is 22.8. The number of benzene rings is 1. The number of H-pyrrole nitrogens is 1. The van der Waals surface area contributed by atoms with Gasteiger partial charge in [0.1, 0.15) is 0 Å². The summed E-state index contributed by atoms with van der Waals surface area (Å²) < 4.78 is 4.78. The standard InChI is InChI=1S/C22H24N6O4/c1-12-3-6-18(14-4-5-16-17(8-14)26-11-25-16)28(10-12)21(30)19(29)27-15-7-13(2)20(24-9-15)32-22(23)31/h4-5,7-9,11-12,18H,3,6,10H2,1-2H3,(H2,23,31)(H,25,26)(H,27,29). The first kappa shape index (κ1) is 21.3. The molecular formula is C22H24N6O4. The Bertz CT molecular complexity index is 1190. The number of primary amides is 1. The molecule has 1 aliphatic rings. The molecular weight excluding hydrogens is 412 g/mol. The summed E-state index contributed by atoms with van der Waals surface area (Å²) in [7, 11) is 0. The Morgan fingerprint density at radius 1 is 1.22 bits per heavy atom. The summed E-state index contributed by atoms with van der Waals surface area (Å²) in [5.74, 6) is -1.04. The number of ether oxygens (including phenoxy) is 1. The number of amides is 3. The van der Waals surface area contributed by atoms with Crippen LogP contribution in [-0.4, -0.2) is 44.3 Å². The first-order chi connectivity index (χ1) is 15.3. The van der Waals surface area contributed by atoms with Crippen LogP contribution in [0, 0.1) is 12.8 Å². The van der Waals surface area contributed by atoms with E-state index in [4.69, 9.17) is 10.5 Å². The van der Waals surface area contributed by atoms with Crippen LogP contribution in [0.3, 0.4) is 0 Å². The van der Waals surface area contributed by atoms with Crippen molar-refractivity contribution in [3.8, 4) is 5.88 Å². The molecule has 1 saturated heterocycles. The van der Waals surface area contributed by atoms with E-state index in [9.17, 15) is 14.4 Å². The number of rotatable bonds is 3. The van der Waals surface area contributed by atoms with Crippen LogP contribution < -0.4 is 15.8 Å². The lowest BCUT2D eigenvalue weighted by Crippen LogP contribution is -2.46. The summed E-state index contributed by atoms with van der Waals surface area (Å²) in [6.45, 7) is 4.20. The normalized spacial score (nSPS) is 18.4. The van der Waals surface area contributed by atoms with Crippen LogP contribution in [-0.2, 0) is 9.59 Å². The van der Waals surface area contributed by atoms with Crippen LogP contribution in [0.25, 0.3) is 11.0 Å². The summed E-state index contributed by atoms with van der Waals surface area (Å²) in [4.78, 5) is 49.8. The molecule has 1 aliphatic heterocycles. The van der Waals surface area contributed by atoms with Crippen molar-refractivity contribution in [2.24, 2.45) is 11.7 Å². The third-order valence-electron chi connectivity index (χ3n) is 5.59. The molecule has 166 valence electrons. The lowest BCUT2D eigenvalue weighted by molar-refractivity contribution is -0.146. The fourth-order valence-corrected chi connectivity index (χ4v) is 4.03. The second kappa shape index (κ2) is 8.66. The minimum Gasteiger partial charge on any atom is -0.391 e. The number of imidazole rings is 1. The number of hydrogen-bond acceptors (Lipinski definition) is 6. The van der Waals surface area contributed by atoms with Gasteiger partial charge < -0.3 is 25.7 Å². The van der Waals surface area contributed by atoms with Gasteiger partial charge in [0.05, 0.1) is 35.3 Å². The number of nitrogens with one attached hydrogen (secondary N) is 2. The highest BCUT2D eigenvalue weighted by atomic mass is 16.6. The van der Waals surface area contributed by atoms with E-state index in [-0.39, 0.29) is 17.8 Å². The second-order valence-corrected chi connectivity index (χ2v) is 8.06. The molecule has 4 N–H and O–H groups in total. The number of likely N-dealkylation sites (tertiary alicyclic amines) is 1. The molecule has 0 aliphatic carbocycles. The predicted octanol–water partition coefficient (Wildman–Crippen LogP) is 2.66. The lowest BCUT2D eigenvalue weighted by Gasteiger charge is -2.38. The van der Waals surface area contributed by atoms with E-state index in [1.807, 2.05) is 18.2 Å². The van der Waals surface area contributed by atoms with Gasteiger partial charge in [-0.3, -0.25) is 9.59 Å². The van der Waals surface area contributed by atoms with E-state index in [2.05, 4.69) is 27.2 Å².